The van der Waals surface area contributed by atoms with Crippen molar-refractivity contribution in [2.24, 2.45) is 0 Å². The molecule has 2 rings (SSSR count). The van der Waals surface area contributed by atoms with Crippen molar-refractivity contribution in [3.63, 3.8) is 0 Å². The SMILES string of the molecule is O=COc1cc2cccc([N+](=O)[O-])c2o1. The van der Waals surface area contributed by atoms with Crippen LogP contribution in [0.25, 0.3) is 11.0 Å². The molecule has 0 amide bonds. The Hall–Kier alpha value is -2.37. The lowest BCUT2D eigenvalue weighted by Crippen LogP contribution is -1.87. The van der Waals surface area contributed by atoms with Crippen LogP contribution in [0.5, 0.6) is 5.95 Å². The van der Waals surface area contributed by atoms with Gasteiger partial charge in [-0.05, 0) is 0 Å². The number of benzene rings is 1. The molecule has 15 heavy (non-hydrogen) atoms. The zero-order valence-electron chi connectivity index (χ0n) is 7.38. The molecule has 6 heteroatoms. The number of hydrogen-bond acceptors (Lipinski definition) is 5. The van der Waals surface area contributed by atoms with Crippen molar-refractivity contribution < 1.29 is 18.9 Å². The average Bonchev–Trinajstić information content (AvgIpc) is 2.59. The molecule has 0 unspecified atom stereocenters. The van der Waals surface area contributed by atoms with Gasteiger partial charge in [0.1, 0.15) is 0 Å². The summed E-state index contributed by atoms with van der Waals surface area (Å²) in [5, 5.41) is 11.1. The number of carbonyl (C=O) groups excluding carboxylic acids is 1. The Labute approximate surface area is 83.2 Å². The Kier molecular flexibility index (Phi) is 2.09. The summed E-state index contributed by atoms with van der Waals surface area (Å²) >= 11 is 0. The van der Waals surface area contributed by atoms with Crippen LogP contribution in [0.1, 0.15) is 0 Å². The predicted octanol–water partition coefficient (Wildman–Crippen LogP) is 1.88. The first-order valence-corrected chi connectivity index (χ1v) is 3.99. The number of hydrogen-bond donors (Lipinski definition) is 0. The molecule has 0 N–H and O–H groups in total. The highest BCUT2D eigenvalue weighted by molar-refractivity contribution is 5.86. The maximum absolute atomic E-state index is 10.6. The van der Waals surface area contributed by atoms with Gasteiger partial charge in [-0.3, -0.25) is 14.9 Å². The van der Waals surface area contributed by atoms with E-state index in [1.165, 1.54) is 18.2 Å². The first-order chi connectivity index (χ1) is 7.22. The molecular formula is C9H5NO5. The quantitative estimate of drug-likeness (QED) is 0.436. The van der Waals surface area contributed by atoms with Crippen LogP contribution in [-0.4, -0.2) is 11.4 Å². The molecule has 0 saturated heterocycles. The summed E-state index contributed by atoms with van der Waals surface area (Å²) in [4.78, 5) is 20.1. The second-order valence-corrected chi connectivity index (χ2v) is 2.73. The first-order valence-electron chi connectivity index (χ1n) is 3.99. The van der Waals surface area contributed by atoms with Gasteiger partial charge in [0.15, 0.2) is 0 Å². The van der Waals surface area contributed by atoms with E-state index < -0.39 is 4.92 Å². The normalized spacial score (nSPS) is 10.1. The summed E-state index contributed by atoms with van der Waals surface area (Å²) in [6.07, 6.45) is 0. The molecule has 0 fully saturated rings. The Morgan fingerprint density at radius 1 is 1.47 bits per heavy atom. The maximum atomic E-state index is 10.6. The zero-order valence-corrected chi connectivity index (χ0v) is 7.38. The van der Waals surface area contributed by atoms with E-state index >= 15 is 0 Å². The van der Waals surface area contributed by atoms with Gasteiger partial charge in [-0.2, -0.15) is 0 Å². The van der Waals surface area contributed by atoms with Gasteiger partial charge in [-0.25, -0.2) is 0 Å². The Bertz CT molecular complexity index is 530. The summed E-state index contributed by atoms with van der Waals surface area (Å²) in [6, 6.07) is 5.89. The number of rotatable bonds is 3. The monoisotopic (exact) mass is 207 g/mol. The van der Waals surface area contributed by atoms with Gasteiger partial charge in [0, 0.05) is 17.5 Å². The van der Waals surface area contributed by atoms with Crippen LogP contribution < -0.4 is 4.74 Å². The van der Waals surface area contributed by atoms with E-state index in [4.69, 9.17) is 4.42 Å². The van der Waals surface area contributed by atoms with E-state index in [1.54, 1.807) is 6.07 Å². The Morgan fingerprint density at radius 3 is 2.93 bits per heavy atom. The molecule has 2 aromatic rings. The van der Waals surface area contributed by atoms with Crippen LogP contribution >= 0.6 is 0 Å². The predicted molar refractivity (Wildman–Crippen MR) is 49.6 cm³/mol. The third-order valence-corrected chi connectivity index (χ3v) is 1.86. The summed E-state index contributed by atoms with van der Waals surface area (Å²) in [5.74, 6) is -0.0608. The number of nitrogens with zero attached hydrogens (tertiary/aromatic N) is 1. The lowest BCUT2D eigenvalue weighted by molar-refractivity contribution is -0.383. The number of non-ortho nitro benzene ring substituents is 1. The highest BCUT2D eigenvalue weighted by atomic mass is 16.6. The van der Waals surface area contributed by atoms with Gasteiger partial charge < -0.3 is 9.15 Å². The lowest BCUT2D eigenvalue weighted by Gasteiger charge is -1.90. The molecule has 76 valence electrons. The fourth-order valence-electron chi connectivity index (χ4n) is 1.27. The molecule has 0 radical (unpaired) electrons. The number of fused-ring (bicyclic) bond motifs is 1. The van der Waals surface area contributed by atoms with Crippen molar-refractivity contribution in [1.82, 2.24) is 0 Å². The second-order valence-electron chi connectivity index (χ2n) is 2.73. The number of nitro groups is 1. The number of ether oxygens (including phenoxy) is 1. The van der Waals surface area contributed by atoms with Crippen LogP contribution in [0.2, 0.25) is 0 Å². The van der Waals surface area contributed by atoms with Crippen LogP contribution in [0.3, 0.4) is 0 Å². The fraction of sp³-hybridized carbons (Fsp3) is 0. The average molecular weight is 207 g/mol. The summed E-state index contributed by atoms with van der Waals surface area (Å²) in [5.41, 5.74) is -0.0624. The Morgan fingerprint density at radius 2 is 2.27 bits per heavy atom. The standard InChI is InChI=1S/C9H5NO5/c11-5-14-8-4-6-2-1-3-7(10(12)13)9(6)15-8/h1-5H. The summed E-state index contributed by atoms with van der Waals surface area (Å²) < 4.78 is 9.46. The van der Waals surface area contributed by atoms with Crippen molar-refractivity contribution in [2.75, 3.05) is 0 Å². The molecule has 0 aliphatic rings. The molecule has 1 aromatic heterocycles. The molecule has 1 aromatic carbocycles. The molecule has 0 spiro atoms. The first kappa shape index (κ1) is 9.20. The van der Waals surface area contributed by atoms with Crippen LogP contribution in [0, 0.1) is 10.1 Å². The van der Waals surface area contributed by atoms with E-state index in [-0.39, 0.29) is 23.7 Å². The highest BCUT2D eigenvalue weighted by Gasteiger charge is 2.16. The molecule has 6 nitrogen and oxygen atoms in total. The van der Waals surface area contributed by atoms with Crippen molar-refractivity contribution in [1.29, 1.82) is 0 Å². The van der Waals surface area contributed by atoms with Gasteiger partial charge in [0.2, 0.25) is 5.58 Å². The molecule has 0 bridgehead atoms. The highest BCUT2D eigenvalue weighted by Crippen LogP contribution is 2.31. The number of para-hydroxylation sites is 1. The van der Waals surface area contributed by atoms with Crippen molar-refractivity contribution >= 4 is 23.1 Å². The van der Waals surface area contributed by atoms with E-state index in [1.807, 2.05) is 0 Å². The minimum atomic E-state index is -0.559. The smallest absolute Gasteiger partial charge is 0.312 e. The van der Waals surface area contributed by atoms with Crippen molar-refractivity contribution in [3.8, 4) is 5.95 Å². The third-order valence-electron chi connectivity index (χ3n) is 1.86. The largest absolute Gasteiger partial charge is 0.418 e. The van der Waals surface area contributed by atoms with Crippen LogP contribution in [0.4, 0.5) is 5.69 Å². The summed E-state index contributed by atoms with van der Waals surface area (Å²) in [6.45, 7) is 0.198. The summed E-state index contributed by atoms with van der Waals surface area (Å²) in [7, 11) is 0. The van der Waals surface area contributed by atoms with Gasteiger partial charge in [-0.15, -0.1) is 0 Å². The minimum Gasteiger partial charge on any atom is -0.418 e. The van der Waals surface area contributed by atoms with Gasteiger partial charge in [0.25, 0.3) is 5.95 Å². The van der Waals surface area contributed by atoms with Crippen molar-refractivity contribution in [3.05, 3.63) is 34.4 Å². The molecular weight excluding hydrogens is 202 g/mol. The molecule has 0 aliphatic carbocycles. The number of carbonyl (C=O) groups is 1. The second kappa shape index (κ2) is 3.41. The number of furan rings is 1. The lowest BCUT2D eigenvalue weighted by atomic mass is 10.2. The van der Waals surface area contributed by atoms with E-state index in [9.17, 15) is 14.9 Å². The fourth-order valence-corrected chi connectivity index (χ4v) is 1.27. The van der Waals surface area contributed by atoms with Gasteiger partial charge in [-0.1, -0.05) is 12.1 Å². The molecule has 0 aliphatic heterocycles. The molecule has 0 atom stereocenters. The maximum Gasteiger partial charge on any atom is 0.312 e. The Balaban J connectivity index is 2.64. The van der Waals surface area contributed by atoms with E-state index in [0.29, 0.717) is 5.39 Å². The topological polar surface area (TPSA) is 82.6 Å². The third kappa shape index (κ3) is 1.52. The molecule has 1 heterocycles. The van der Waals surface area contributed by atoms with Crippen LogP contribution in [0.15, 0.2) is 28.7 Å². The molecule has 0 saturated carbocycles. The van der Waals surface area contributed by atoms with Gasteiger partial charge in [0.05, 0.1) is 4.92 Å². The van der Waals surface area contributed by atoms with E-state index in [0.717, 1.165) is 0 Å². The minimum absolute atomic E-state index is 0.0608. The number of nitro benzene ring substituents is 1. The zero-order chi connectivity index (χ0) is 10.8. The van der Waals surface area contributed by atoms with E-state index in [2.05, 4.69) is 4.74 Å². The van der Waals surface area contributed by atoms with Crippen LogP contribution in [-0.2, 0) is 4.79 Å². The van der Waals surface area contributed by atoms with Crippen molar-refractivity contribution in [2.45, 2.75) is 0 Å². The van der Waals surface area contributed by atoms with Gasteiger partial charge >= 0.3 is 12.2 Å².